The zero-order valence-electron chi connectivity index (χ0n) is 8.05. The zero-order valence-corrected chi connectivity index (χ0v) is 8.05. The van der Waals surface area contributed by atoms with E-state index in [2.05, 4.69) is 0 Å². The van der Waals surface area contributed by atoms with Crippen molar-refractivity contribution >= 4 is 11.8 Å². The molecule has 1 aromatic carbocycles. The van der Waals surface area contributed by atoms with Crippen LogP contribution in [0.1, 0.15) is 15.9 Å². The summed E-state index contributed by atoms with van der Waals surface area (Å²) < 4.78 is 61.5. The van der Waals surface area contributed by atoms with Gasteiger partial charge in [0.05, 0.1) is 5.56 Å². The maximum atomic E-state index is 13.2. The lowest BCUT2D eigenvalue weighted by Crippen LogP contribution is -2.10. The van der Waals surface area contributed by atoms with Gasteiger partial charge in [-0.1, -0.05) is 18.2 Å². The Bertz CT molecular complexity index is 476. The van der Waals surface area contributed by atoms with Crippen LogP contribution in [0.3, 0.4) is 0 Å². The van der Waals surface area contributed by atoms with Crippen LogP contribution in [-0.2, 0) is 0 Å². The van der Waals surface area contributed by atoms with E-state index in [1.807, 2.05) is 0 Å². The summed E-state index contributed by atoms with van der Waals surface area (Å²) in [5.41, 5.74) is -1.70. The van der Waals surface area contributed by atoms with E-state index in [0.717, 1.165) is 18.2 Å². The van der Waals surface area contributed by atoms with E-state index >= 15 is 0 Å². The first kappa shape index (κ1) is 13.1. The van der Waals surface area contributed by atoms with Crippen LogP contribution in [0.5, 0.6) is 0 Å². The number of benzene rings is 1. The summed E-state index contributed by atoms with van der Waals surface area (Å²) in [7, 11) is 0. The third kappa shape index (κ3) is 2.80. The number of carboxylic acids is 1. The molecule has 1 aromatic rings. The van der Waals surface area contributed by atoms with Crippen LogP contribution in [0.15, 0.2) is 30.1 Å². The Morgan fingerprint density at radius 3 is 1.94 bits per heavy atom. The first-order valence-electron chi connectivity index (χ1n) is 4.20. The van der Waals surface area contributed by atoms with Crippen LogP contribution in [0.4, 0.5) is 22.0 Å². The SMILES string of the molecule is O=C(O)c1ccccc1C(F)=C(F)C(F)(F)F. The van der Waals surface area contributed by atoms with Gasteiger partial charge < -0.3 is 5.11 Å². The van der Waals surface area contributed by atoms with E-state index in [1.54, 1.807) is 0 Å². The summed E-state index contributed by atoms with van der Waals surface area (Å²) in [5, 5.41) is 8.61. The maximum Gasteiger partial charge on any atom is 0.445 e. The lowest BCUT2D eigenvalue weighted by molar-refractivity contribution is -0.108. The van der Waals surface area contributed by atoms with Crippen molar-refractivity contribution in [3.05, 3.63) is 41.2 Å². The molecule has 0 aromatic heterocycles. The fraction of sp³-hybridized carbons (Fsp3) is 0.100. The quantitative estimate of drug-likeness (QED) is 0.817. The molecule has 0 aliphatic heterocycles. The fourth-order valence-electron chi connectivity index (χ4n) is 1.10. The van der Waals surface area contributed by atoms with E-state index in [4.69, 9.17) is 5.11 Å². The molecule has 1 rings (SSSR count). The molecule has 1 N–H and O–H groups in total. The summed E-state index contributed by atoms with van der Waals surface area (Å²) in [5.74, 6) is -6.84. The van der Waals surface area contributed by atoms with E-state index < -0.39 is 34.9 Å². The summed E-state index contributed by atoms with van der Waals surface area (Å²) in [6.07, 6.45) is -5.49. The van der Waals surface area contributed by atoms with Gasteiger partial charge in [0.2, 0.25) is 5.83 Å². The van der Waals surface area contributed by atoms with Gasteiger partial charge in [0.1, 0.15) is 0 Å². The lowest BCUT2D eigenvalue weighted by atomic mass is 10.1. The molecule has 0 unspecified atom stereocenters. The largest absolute Gasteiger partial charge is 0.478 e. The minimum atomic E-state index is -5.49. The Morgan fingerprint density at radius 1 is 1.06 bits per heavy atom. The Morgan fingerprint density at radius 2 is 1.53 bits per heavy atom. The second-order valence-electron chi connectivity index (χ2n) is 2.98. The predicted octanol–water partition coefficient (Wildman–Crippen LogP) is 3.55. The summed E-state index contributed by atoms with van der Waals surface area (Å²) in [4.78, 5) is 10.6. The highest BCUT2D eigenvalue weighted by Gasteiger charge is 2.39. The van der Waals surface area contributed by atoms with Gasteiger partial charge in [-0.3, -0.25) is 0 Å². The number of rotatable bonds is 2. The van der Waals surface area contributed by atoms with Crippen molar-refractivity contribution in [1.82, 2.24) is 0 Å². The van der Waals surface area contributed by atoms with Gasteiger partial charge in [0.25, 0.3) is 0 Å². The second-order valence-corrected chi connectivity index (χ2v) is 2.98. The minimum absolute atomic E-state index is 0.746. The smallest absolute Gasteiger partial charge is 0.445 e. The van der Waals surface area contributed by atoms with Gasteiger partial charge in [-0.25, -0.2) is 9.18 Å². The molecular weight excluding hydrogens is 247 g/mol. The molecule has 2 nitrogen and oxygen atoms in total. The number of aromatic carboxylic acids is 1. The molecule has 92 valence electrons. The zero-order chi connectivity index (χ0) is 13.2. The molecule has 0 saturated heterocycles. The number of carboxylic acid groups (broad SMARTS) is 1. The van der Waals surface area contributed by atoms with Crippen LogP contribution in [-0.4, -0.2) is 17.3 Å². The molecule has 0 amide bonds. The Hall–Kier alpha value is -1.92. The van der Waals surface area contributed by atoms with E-state index in [9.17, 15) is 26.7 Å². The molecule has 0 aliphatic carbocycles. The summed E-state index contributed by atoms with van der Waals surface area (Å²) in [6, 6.07) is 3.92. The minimum Gasteiger partial charge on any atom is -0.478 e. The van der Waals surface area contributed by atoms with Crippen molar-refractivity contribution in [3.8, 4) is 0 Å². The third-order valence-corrected chi connectivity index (χ3v) is 1.84. The maximum absolute atomic E-state index is 13.2. The highest BCUT2D eigenvalue weighted by atomic mass is 19.4. The number of hydrogen-bond donors (Lipinski definition) is 1. The first-order valence-corrected chi connectivity index (χ1v) is 4.20. The van der Waals surface area contributed by atoms with Gasteiger partial charge in [0, 0.05) is 5.56 Å². The molecule has 0 spiro atoms. The van der Waals surface area contributed by atoms with Crippen molar-refractivity contribution in [2.75, 3.05) is 0 Å². The number of hydrogen-bond acceptors (Lipinski definition) is 1. The van der Waals surface area contributed by atoms with Crippen molar-refractivity contribution in [3.63, 3.8) is 0 Å². The molecule has 0 fully saturated rings. The number of allylic oxidation sites excluding steroid dienone is 1. The molecular formula is C10H5F5O2. The fourth-order valence-corrected chi connectivity index (χ4v) is 1.10. The van der Waals surface area contributed by atoms with E-state index in [0.29, 0.717) is 0 Å². The number of alkyl halides is 3. The normalized spacial score (nSPS) is 13.2. The standard InChI is InChI=1S/C10H5F5O2/c11-7(8(12)10(13,14)15)5-3-1-2-4-6(5)9(16)17/h1-4H,(H,16,17). The van der Waals surface area contributed by atoms with Crippen molar-refractivity contribution < 1.29 is 31.9 Å². The lowest BCUT2D eigenvalue weighted by Gasteiger charge is -2.07. The number of halogens is 5. The first-order chi connectivity index (χ1) is 7.75. The van der Waals surface area contributed by atoms with Crippen LogP contribution >= 0.6 is 0 Å². The van der Waals surface area contributed by atoms with Gasteiger partial charge in [0.15, 0.2) is 5.83 Å². The topological polar surface area (TPSA) is 37.3 Å². The Balaban J connectivity index is 3.40. The summed E-state index contributed by atoms with van der Waals surface area (Å²) >= 11 is 0. The van der Waals surface area contributed by atoms with Crippen LogP contribution in [0, 0.1) is 0 Å². The number of carbonyl (C=O) groups is 1. The highest BCUT2D eigenvalue weighted by molar-refractivity contribution is 5.93. The molecule has 0 bridgehead atoms. The monoisotopic (exact) mass is 252 g/mol. The van der Waals surface area contributed by atoms with Gasteiger partial charge in [-0.05, 0) is 6.07 Å². The van der Waals surface area contributed by atoms with E-state index in [1.165, 1.54) is 6.07 Å². The summed E-state index contributed by atoms with van der Waals surface area (Å²) in [6.45, 7) is 0. The molecule has 7 heteroatoms. The molecule has 0 radical (unpaired) electrons. The molecule has 0 heterocycles. The molecule has 0 atom stereocenters. The highest BCUT2D eigenvalue weighted by Crippen LogP contribution is 2.35. The van der Waals surface area contributed by atoms with Crippen LogP contribution < -0.4 is 0 Å². The Labute approximate surface area is 92.0 Å². The van der Waals surface area contributed by atoms with Crippen LogP contribution in [0.2, 0.25) is 0 Å². The van der Waals surface area contributed by atoms with Crippen molar-refractivity contribution in [2.45, 2.75) is 6.18 Å². The van der Waals surface area contributed by atoms with E-state index in [-0.39, 0.29) is 0 Å². The van der Waals surface area contributed by atoms with Crippen LogP contribution in [0.25, 0.3) is 5.83 Å². The molecule has 0 aliphatic rings. The average molecular weight is 252 g/mol. The molecule has 0 saturated carbocycles. The van der Waals surface area contributed by atoms with Gasteiger partial charge >= 0.3 is 12.1 Å². The molecule has 17 heavy (non-hydrogen) atoms. The van der Waals surface area contributed by atoms with Crippen molar-refractivity contribution in [1.29, 1.82) is 0 Å². The van der Waals surface area contributed by atoms with Gasteiger partial charge in [-0.15, -0.1) is 0 Å². The second kappa shape index (κ2) is 4.52. The third-order valence-electron chi connectivity index (χ3n) is 1.84. The Kier molecular flexibility index (Phi) is 3.50. The van der Waals surface area contributed by atoms with Gasteiger partial charge in [-0.2, -0.15) is 17.6 Å². The predicted molar refractivity (Wildman–Crippen MR) is 48.6 cm³/mol. The van der Waals surface area contributed by atoms with Crippen molar-refractivity contribution in [2.24, 2.45) is 0 Å². The average Bonchev–Trinajstić information content (AvgIpc) is 2.25.